The van der Waals surface area contributed by atoms with Crippen LogP contribution < -0.4 is 10.2 Å². The summed E-state index contributed by atoms with van der Waals surface area (Å²) in [5.74, 6) is 0. The minimum absolute atomic E-state index is 0.0140. The molecular weight excluding hydrogens is 470 g/mol. The summed E-state index contributed by atoms with van der Waals surface area (Å²) in [6, 6.07) is 4.23. The first kappa shape index (κ1) is 25.1. The first-order valence-electron chi connectivity index (χ1n) is 12.1. The fourth-order valence-corrected chi connectivity index (χ4v) is 5.99. The van der Waals surface area contributed by atoms with E-state index in [4.69, 9.17) is 9.72 Å². The molecule has 1 N–H and O–H groups in total. The van der Waals surface area contributed by atoms with Crippen molar-refractivity contribution in [3.05, 3.63) is 17.1 Å². The second kappa shape index (κ2) is 10.7. The van der Waals surface area contributed by atoms with Gasteiger partial charge in [-0.05, 0) is 38.3 Å². The molecule has 3 heterocycles. The molecule has 0 atom stereocenters. The largest absolute Gasteiger partial charge is 0.450 e. The van der Waals surface area contributed by atoms with E-state index in [1.54, 1.807) is 23.2 Å². The molecule has 2 aromatic rings. The van der Waals surface area contributed by atoms with Crippen molar-refractivity contribution in [3.63, 3.8) is 0 Å². The Labute approximate surface area is 210 Å². The third kappa shape index (κ3) is 5.95. The number of hydrogen-bond donors (Lipinski definition) is 1. The number of piperidine rings is 1. The van der Waals surface area contributed by atoms with Gasteiger partial charge in [0.05, 0.1) is 33.2 Å². The normalized spacial score (nSPS) is 17.8. The van der Waals surface area contributed by atoms with Crippen LogP contribution in [0.25, 0.3) is 10.2 Å². The number of rotatable bonds is 4. The molecule has 0 bridgehead atoms. The quantitative estimate of drug-likeness (QED) is 0.547. The zero-order chi connectivity index (χ0) is 24.3. The lowest BCUT2D eigenvalue weighted by Crippen LogP contribution is -2.47. The standard InChI is InChI=1S/C24H35N5O3S2/c1-5-32-23(31)28-11-13-29(14-12-28)34-22(30)26-17-16-20-18(25-21(33-20)24(2,3)4)15-19(17)27-9-7-6-8-10-27/h15-16H,5-14H2,1-4H3,(H,26,30). The molecule has 2 amide bonds. The number of carbonyl (C=O) groups excluding carboxylic acids is 2. The summed E-state index contributed by atoms with van der Waals surface area (Å²) in [5.41, 5.74) is 2.89. The van der Waals surface area contributed by atoms with Gasteiger partial charge in [0.2, 0.25) is 0 Å². The van der Waals surface area contributed by atoms with Crippen LogP contribution in [0.15, 0.2) is 12.1 Å². The van der Waals surface area contributed by atoms with Crippen molar-refractivity contribution in [2.24, 2.45) is 0 Å². The summed E-state index contributed by atoms with van der Waals surface area (Å²) in [5, 5.41) is 4.16. The SMILES string of the molecule is CCOC(=O)N1CCN(SC(=O)Nc2cc3sc(C(C)(C)C)nc3cc2N2CCCCC2)CC1. The van der Waals surface area contributed by atoms with Crippen LogP contribution in [0.2, 0.25) is 0 Å². The first-order chi connectivity index (χ1) is 16.2. The minimum atomic E-state index is -0.282. The zero-order valence-corrected chi connectivity index (χ0v) is 22.2. The van der Waals surface area contributed by atoms with Crippen molar-refractivity contribution in [1.82, 2.24) is 14.2 Å². The first-order valence-corrected chi connectivity index (χ1v) is 13.7. The molecular formula is C24H35N5O3S2. The molecule has 2 aliphatic heterocycles. The second-order valence-corrected chi connectivity index (χ2v) is 11.9. The van der Waals surface area contributed by atoms with E-state index in [0.717, 1.165) is 52.5 Å². The zero-order valence-electron chi connectivity index (χ0n) is 20.6. The summed E-state index contributed by atoms with van der Waals surface area (Å²) in [4.78, 5) is 33.9. The number of anilines is 2. The number of fused-ring (bicyclic) bond motifs is 1. The highest BCUT2D eigenvalue weighted by atomic mass is 32.2. The van der Waals surface area contributed by atoms with E-state index >= 15 is 0 Å². The molecule has 4 rings (SSSR count). The van der Waals surface area contributed by atoms with Crippen molar-refractivity contribution in [3.8, 4) is 0 Å². The van der Waals surface area contributed by atoms with Gasteiger partial charge in [-0.2, -0.15) is 0 Å². The van der Waals surface area contributed by atoms with Gasteiger partial charge in [0.15, 0.2) is 0 Å². The van der Waals surface area contributed by atoms with Crippen molar-refractivity contribution in [1.29, 1.82) is 0 Å². The van der Waals surface area contributed by atoms with Gasteiger partial charge in [0, 0.05) is 56.6 Å². The molecule has 1 aromatic carbocycles. The Balaban J connectivity index is 1.48. The van der Waals surface area contributed by atoms with E-state index in [2.05, 4.69) is 43.1 Å². The van der Waals surface area contributed by atoms with Crippen LogP contribution in [-0.4, -0.2) is 71.4 Å². The highest BCUT2D eigenvalue weighted by Crippen LogP contribution is 2.38. The molecule has 0 saturated carbocycles. The number of hydrogen-bond acceptors (Lipinski definition) is 8. The van der Waals surface area contributed by atoms with Crippen LogP contribution in [0.5, 0.6) is 0 Å². The number of aromatic nitrogens is 1. The molecule has 0 unspecified atom stereocenters. The Morgan fingerprint density at radius 2 is 1.79 bits per heavy atom. The van der Waals surface area contributed by atoms with Crippen LogP contribution in [0, 0.1) is 0 Å². The Morgan fingerprint density at radius 1 is 1.09 bits per heavy atom. The number of nitrogens with zero attached hydrogens (tertiary/aromatic N) is 4. The van der Waals surface area contributed by atoms with Gasteiger partial charge in [-0.25, -0.2) is 14.1 Å². The van der Waals surface area contributed by atoms with Crippen LogP contribution >= 0.6 is 23.3 Å². The van der Waals surface area contributed by atoms with Gasteiger partial charge in [0.25, 0.3) is 5.24 Å². The molecule has 0 spiro atoms. The van der Waals surface area contributed by atoms with E-state index in [1.807, 2.05) is 4.31 Å². The van der Waals surface area contributed by atoms with Crippen LogP contribution in [-0.2, 0) is 10.2 Å². The molecule has 2 saturated heterocycles. The summed E-state index contributed by atoms with van der Waals surface area (Å²) < 4.78 is 8.18. The summed E-state index contributed by atoms with van der Waals surface area (Å²) in [7, 11) is 0. The molecule has 186 valence electrons. The smallest absolute Gasteiger partial charge is 0.409 e. The number of thiazole rings is 1. The lowest BCUT2D eigenvalue weighted by molar-refractivity contribution is 0.0949. The van der Waals surface area contributed by atoms with Gasteiger partial charge in [0.1, 0.15) is 0 Å². The second-order valence-electron chi connectivity index (χ2n) is 9.77. The van der Waals surface area contributed by atoms with Gasteiger partial charge >= 0.3 is 6.09 Å². The third-order valence-electron chi connectivity index (χ3n) is 6.06. The Morgan fingerprint density at radius 3 is 2.44 bits per heavy atom. The number of nitrogens with one attached hydrogen (secondary N) is 1. The van der Waals surface area contributed by atoms with Crippen LogP contribution in [0.3, 0.4) is 0 Å². The predicted octanol–water partition coefficient (Wildman–Crippen LogP) is 5.54. The van der Waals surface area contributed by atoms with Gasteiger partial charge in [-0.3, -0.25) is 4.79 Å². The molecule has 2 aliphatic rings. The number of amides is 2. The summed E-state index contributed by atoms with van der Waals surface area (Å²) in [6.45, 7) is 13.1. The van der Waals surface area contributed by atoms with Crippen molar-refractivity contribution in [2.45, 2.75) is 52.4 Å². The highest BCUT2D eigenvalue weighted by Gasteiger charge is 2.26. The summed E-state index contributed by atoms with van der Waals surface area (Å²) >= 11 is 2.88. The maximum Gasteiger partial charge on any atom is 0.409 e. The Kier molecular flexibility index (Phi) is 7.89. The van der Waals surface area contributed by atoms with Crippen molar-refractivity contribution < 1.29 is 14.3 Å². The van der Waals surface area contributed by atoms with Crippen molar-refractivity contribution in [2.75, 3.05) is 56.1 Å². The number of piperazine rings is 1. The van der Waals surface area contributed by atoms with Crippen LogP contribution in [0.4, 0.5) is 21.0 Å². The Bertz CT molecular complexity index is 1020. The number of ether oxygens (including phenoxy) is 1. The van der Waals surface area contributed by atoms with Gasteiger partial charge in [-0.15, -0.1) is 11.3 Å². The molecule has 8 nitrogen and oxygen atoms in total. The third-order valence-corrected chi connectivity index (χ3v) is 8.39. The maximum absolute atomic E-state index is 13.0. The van der Waals surface area contributed by atoms with E-state index in [-0.39, 0.29) is 16.7 Å². The monoisotopic (exact) mass is 505 g/mol. The molecule has 10 heteroatoms. The highest BCUT2D eigenvalue weighted by molar-refractivity contribution is 8.11. The molecule has 1 aromatic heterocycles. The lowest BCUT2D eigenvalue weighted by atomic mass is 9.98. The number of benzene rings is 1. The Hall–Kier alpha value is -2.04. The van der Waals surface area contributed by atoms with Gasteiger partial charge < -0.3 is 19.9 Å². The predicted molar refractivity (Wildman–Crippen MR) is 141 cm³/mol. The molecule has 0 aliphatic carbocycles. The average molecular weight is 506 g/mol. The molecule has 0 radical (unpaired) electrons. The molecule has 34 heavy (non-hydrogen) atoms. The van der Waals surface area contributed by atoms with E-state index in [1.165, 1.54) is 18.4 Å². The van der Waals surface area contributed by atoms with E-state index < -0.39 is 0 Å². The fraction of sp³-hybridized carbons (Fsp3) is 0.625. The summed E-state index contributed by atoms with van der Waals surface area (Å²) in [6.07, 6.45) is 3.29. The number of carbonyl (C=O) groups is 2. The topological polar surface area (TPSA) is 78.0 Å². The lowest BCUT2D eigenvalue weighted by Gasteiger charge is -2.33. The van der Waals surface area contributed by atoms with E-state index in [0.29, 0.717) is 32.8 Å². The fourth-order valence-electron chi connectivity index (χ4n) is 4.21. The van der Waals surface area contributed by atoms with E-state index in [9.17, 15) is 9.59 Å². The average Bonchev–Trinajstić information content (AvgIpc) is 3.23. The van der Waals surface area contributed by atoms with Gasteiger partial charge in [-0.1, -0.05) is 20.8 Å². The minimum Gasteiger partial charge on any atom is -0.450 e. The maximum atomic E-state index is 13.0. The molecule has 2 fully saturated rings. The van der Waals surface area contributed by atoms with Crippen molar-refractivity contribution >= 4 is 56.2 Å². The van der Waals surface area contributed by atoms with Crippen LogP contribution in [0.1, 0.15) is 52.0 Å².